The Morgan fingerprint density at radius 1 is 1.33 bits per heavy atom. The van der Waals surface area contributed by atoms with Gasteiger partial charge in [0, 0.05) is 23.6 Å². The largest absolute Gasteiger partial charge is 0.293 e. The van der Waals surface area contributed by atoms with Crippen molar-refractivity contribution in [3.63, 3.8) is 0 Å². The van der Waals surface area contributed by atoms with Crippen molar-refractivity contribution in [1.29, 1.82) is 0 Å². The molecule has 4 heteroatoms. The molecule has 0 bridgehead atoms. The lowest BCUT2D eigenvalue weighted by molar-refractivity contribution is 0.101. The number of rotatable bonds is 2. The summed E-state index contributed by atoms with van der Waals surface area (Å²) in [6, 6.07) is 7.60. The Morgan fingerprint density at radius 2 is 2.13 bits per heavy atom. The highest BCUT2D eigenvalue weighted by Crippen LogP contribution is 2.29. The van der Waals surface area contributed by atoms with Crippen LogP contribution in [0.25, 0.3) is 10.4 Å². The van der Waals surface area contributed by atoms with Crippen molar-refractivity contribution in [2.75, 3.05) is 0 Å². The molecule has 0 amide bonds. The van der Waals surface area contributed by atoms with Crippen LogP contribution in [0.5, 0.6) is 0 Å². The van der Waals surface area contributed by atoms with Crippen LogP contribution in [0.4, 0.5) is 0 Å². The molecule has 2 nitrogen and oxygen atoms in total. The van der Waals surface area contributed by atoms with E-state index in [9.17, 15) is 4.79 Å². The van der Waals surface area contributed by atoms with Crippen molar-refractivity contribution in [3.05, 3.63) is 36.2 Å². The molecular formula is C11H9NOS2. The minimum absolute atomic E-state index is 0.0115. The average Bonchev–Trinajstić information content (AvgIpc) is 2.65. The summed E-state index contributed by atoms with van der Waals surface area (Å²) in [5.74, 6) is -0.0115. The maximum atomic E-state index is 11.0. The fourth-order valence-corrected chi connectivity index (χ4v) is 2.34. The van der Waals surface area contributed by atoms with Gasteiger partial charge in [-0.05, 0) is 24.3 Å². The standard InChI is InChI=1S/C11H9NOS2/c1-7(13)9-3-2-8(6-12-9)10-4-5-11(14)15-10/h2-6,14H,1H3. The molecule has 2 aromatic heterocycles. The predicted molar refractivity (Wildman–Crippen MR) is 64.8 cm³/mol. The van der Waals surface area contributed by atoms with Crippen molar-refractivity contribution in [2.24, 2.45) is 0 Å². The lowest BCUT2D eigenvalue weighted by atomic mass is 10.2. The first kappa shape index (κ1) is 10.4. The summed E-state index contributed by atoms with van der Waals surface area (Å²) in [5, 5.41) is 0. The molecule has 0 N–H and O–H groups in total. The molecule has 2 aromatic rings. The van der Waals surface area contributed by atoms with Gasteiger partial charge in [-0.25, -0.2) is 0 Å². The van der Waals surface area contributed by atoms with Gasteiger partial charge in [0.2, 0.25) is 0 Å². The number of Topliss-reactive ketones (excluding diaryl/α,β-unsaturated/α-hetero) is 1. The molecule has 0 saturated carbocycles. The minimum Gasteiger partial charge on any atom is -0.293 e. The predicted octanol–water partition coefficient (Wildman–Crippen LogP) is 3.30. The first-order valence-electron chi connectivity index (χ1n) is 4.43. The van der Waals surface area contributed by atoms with Gasteiger partial charge in [-0.2, -0.15) is 0 Å². The van der Waals surface area contributed by atoms with E-state index in [-0.39, 0.29) is 5.78 Å². The molecule has 0 fully saturated rings. The summed E-state index contributed by atoms with van der Waals surface area (Å²) in [6.45, 7) is 1.51. The fraction of sp³-hybridized carbons (Fsp3) is 0.0909. The highest BCUT2D eigenvalue weighted by Gasteiger charge is 2.03. The third-order valence-electron chi connectivity index (χ3n) is 2.00. The van der Waals surface area contributed by atoms with Gasteiger partial charge in [-0.3, -0.25) is 9.78 Å². The highest BCUT2D eigenvalue weighted by atomic mass is 32.2. The van der Waals surface area contributed by atoms with Gasteiger partial charge < -0.3 is 0 Å². The van der Waals surface area contributed by atoms with Crippen LogP contribution in [0, 0.1) is 0 Å². The van der Waals surface area contributed by atoms with Crippen LogP contribution in [0.2, 0.25) is 0 Å². The summed E-state index contributed by atoms with van der Waals surface area (Å²) in [7, 11) is 0. The number of aromatic nitrogens is 1. The van der Waals surface area contributed by atoms with Crippen molar-refractivity contribution in [2.45, 2.75) is 11.1 Å². The number of thiophene rings is 1. The molecule has 76 valence electrons. The zero-order chi connectivity index (χ0) is 10.8. The Hall–Kier alpha value is -1.13. The van der Waals surface area contributed by atoms with Gasteiger partial charge >= 0.3 is 0 Å². The average molecular weight is 235 g/mol. The first-order chi connectivity index (χ1) is 7.16. The van der Waals surface area contributed by atoms with Gasteiger partial charge in [-0.15, -0.1) is 24.0 Å². The van der Waals surface area contributed by atoms with Gasteiger partial charge in [0.05, 0.1) is 4.21 Å². The van der Waals surface area contributed by atoms with E-state index in [0.717, 1.165) is 14.6 Å². The van der Waals surface area contributed by atoms with Crippen LogP contribution in [0.3, 0.4) is 0 Å². The van der Waals surface area contributed by atoms with Crippen molar-refractivity contribution < 1.29 is 4.79 Å². The van der Waals surface area contributed by atoms with Gasteiger partial charge in [0.25, 0.3) is 0 Å². The number of ketones is 1. The normalized spacial score (nSPS) is 10.3. The number of hydrogen-bond donors (Lipinski definition) is 1. The first-order valence-corrected chi connectivity index (χ1v) is 5.69. The van der Waals surface area contributed by atoms with Crippen LogP contribution in [-0.2, 0) is 0 Å². The smallest absolute Gasteiger partial charge is 0.178 e. The molecule has 2 heterocycles. The molecule has 0 aliphatic rings. The molecule has 0 saturated heterocycles. The second-order valence-electron chi connectivity index (χ2n) is 3.13. The Labute approximate surface area is 97.4 Å². The number of thiol groups is 1. The van der Waals surface area contributed by atoms with Crippen molar-refractivity contribution >= 4 is 29.7 Å². The Kier molecular flexibility index (Phi) is 2.88. The zero-order valence-corrected chi connectivity index (χ0v) is 9.81. The second kappa shape index (κ2) is 4.16. The van der Waals surface area contributed by atoms with Crippen molar-refractivity contribution in [1.82, 2.24) is 4.98 Å². The van der Waals surface area contributed by atoms with Crippen LogP contribution in [-0.4, -0.2) is 10.8 Å². The molecule has 2 rings (SSSR count). The summed E-state index contributed by atoms with van der Waals surface area (Å²) in [6.07, 6.45) is 1.72. The lowest BCUT2D eigenvalue weighted by Gasteiger charge is -1.97. The SMILES string of the molecule is CC(=O)c1ccc(-c2ccc(S)s2)cn1. The molecule has 0 unspecified atom stereocenters. The molecule has 0 spiro atoms. The molecule has 15 heavy (non-hydrogen) atoms. The highest BCUT2D eigenvalue weighted by molar-refractivity contribution is 7.83. The monoisotopic (exact) mass is 235 g/mol. The van der Waals surface area contributed by atoms with Crippen LogP contribution in [0.15, 0.2) is 34.7 Å². The van der Waals surface area contributed by atoms with E-state index in [0.29, 0.717) is 5.69 Å². The fourth-order valence-electron chi connectivity index (χ4n) is 1.23. The van der Waals surface area contributed by atoms with Crippen LogP contribution in [0.1, 0.15) is 17.4 Å². The Balaban J connectivity index is 2.35. The number of hydrogen-bond acceptors (Lipinski definition) is 4. The number of pyridine rings is 1. The molecule has 0 aliphatic heterocycles. The van der Waals surface area contributed by atoms with Crippen molar-refractivity contribution in [3.8, 4) is 10.4 Å². The van der Waals surface area contributed by atoms with Gasteiger partial charge in [-0.1, -0.05) is 0 Å². The summed E-state index contributed by atoms with van der Waals surface area (Å²) < 4.78 is 0.973. The van der Waals surface area contributed by atoms with Crippen LogP contribution >= 0.6 is 24.0 Å². The summed E-state index contributed by atoms with van der Waals surface area (Å²) >= 11 is 5.85. The molecule has 0 aliphatic carbocycles. The molecule has 0 aromatic carbocycles. The van der Waals surface area contributed by atoms with Gasteiger partial charge in [0.1, 0.15) is 5.69 Å². The van der Waals surface area contributed by atoms with E-state index in [1.807, 2.05) is 18.2 Å². The van der Waals surface area contributed by atoms with E-state index in [2.05, 4.69) is 17.6 Å². The molecule has 0 atom stereocenters. The Morgan fingerprint density at radius 3 is 2.60 bits per heavy atom. The second-order valence-corrected chi connectivity index (χ2v) is 4.99. The lowest BCUT2D eigenvalue weighted by Crippen LogP contribution is -1.95. The van der Waals surface area contributed by atoms with E-state index < -0.39 is 0 Å². The molecular weight excluding hydrogens is 226 g/mol. The third kappa shape index (κ3) is 2.27. The Bertz CT molecular complexity index is 488. The van der Waals surface area contributed by atoms with E-state index in [1.165, 1.54) is 6.92 Å². The molecule has 0 radical (unpaired) electrons. The number of carbonyl (C=O) groups excluding carboxylic acids is 1. The van der Waals surface area contributed by atoms with Gasteiger partial charge in [0.15, 0.2) is 5.78 Å². The zero-order valence-electron chi connectivity index (χ0n) is 8.10. The van der Waals surface area contributed by atoms with E-state index in [1.54, 1.807) is 23.6 Å². The van der Waals surface area contributed by atoms with E-state index >= 15 is 0 Å². The van der Waals surface area contributed by atoms with E-state index in [4.69, 9.17) is 0 Å². The number of carbonyl (C=O) groups is 1. The third-order valence-corrected chi connectivity index (χ3v) is 3.36. The van der Waals surface area contributed by atoms with Crippen LogP contribution < -0.4 is 0 Å². The summed E-state index contributed by atoms with van der Waals surface area (Å²) in [5.41, 5.74) is 1.52. The maximum absolute atomic E-state index is 11.0. The quantitative estimate of drug-likeness (QED) is 0.639. The topological polar surface area (TPSA) is 30.0 Å². The summed E-state index contributed by atoms with van der Waals surface area (Å²) in [4.78, 5) is 16.2. The maximum Gasteiger partial charge on any atom is 0.178 e. The minimum atomic E-state index is -0.0115. The number of nitrogens with zero attached hydrogens (tertiary/aromatic N) is 1.